The minimum Gasteiger partial charge on any atom is -0.299 e. The zero-order valence-electron chi connectivity index (χ0n) is 7.96. The van der Waals surface area contributed by atoms with Crippen LogP contribution in [0, 0.1) is 5.92 Å². The number of hydrogen-bond donors (Lipinski definition) is 0. The summed E-state index contributed by atoms with van der Waals surface area (Å²) in [6.07, 6.45) is 4.33. The fourth-order valence-electron chi connectivity index (χ4n) is 0.770. The van der Waals surface area contributed by atoms with Gasteiger partial charge in [0.1, 0.15) is 5.78 Å². The lowest BCUT2D eigenvalue weighted by Crippen LogP contribution is -2.08. The topological polar surface area (TPSA) is 34.1 Å². The Bertz CT molecular complexity index is 192. The molecule has 0 saturated carbocycles. The Morgan fingerprint density at radius 1 is 1.42 bits per heavy atom. The molecule has 2 nitrogen and oxygen atoms in total. The van der Waals surface area contributed by atoms with Crippen LogP contribution in [-0.4, -0.2) is 11.6 Å². The molecule has 1 atom stereocenters. The van der Waals surface area contributed by atoms with Crippen molar-refractivity contribution >= 4 is 11.6 Å². The molecule has 0 radical (unpaired) electrons. The molecular weight excluding hydrogens is 152 g/mol. The van der Waals surface area contributed by atoms with E-state index in [1.54, 1.807) is 6.08 Å². The first-order valence-corrected chi connectivity index (χ1v) is 4.27. The van der Waals surface area contributed by atoms with E-state index in [1.165, 1.54) is 13.0 Å². The number of carbonyl (C=O) groups excluding carboxylic acids is 2. The maximum atomic E-state index is 11.2. The summed E-state index contributed by atoms with van der Waals surface area (Å²) >= 11 is 0. The second-order valence-electron chi connectivity index (χ2n) is 2.99. The first-order chi connectivity index (χ1) is 5.57. The van der Waals surface area contributed by atoms with Crippen molar-refractivity contribution in [3.63, 3.8) is 0 Å². The van der Waals surface area contributed by atoms with E-state index in [-0.39, 0.29) is 17.5 Å². The second-order valence-corrected chi connectivity index (χ2v) is 2.99. The Hall–Kier alpha value is -0.920. The molecular formula is C10H16O2. The van der Waals surface area contributed by atoms with Gasteiger partial charge in [0.25, 0.3) is 0 Å². The monoisotopic (exact) mass is 168 g/mol. The largest absolute Gasteiger partial charge is 0.299 e. The Kier molecular flexibility index (Phi) is 5.26. The third-order valence-corrected chi connectivity index (χ3v) is 1.83. The molecule has 0 N–H and O–H groups in total. The number of ketones is 2. The van der Waals surface area contributed by atoms with Gasteiger partial charge >= 0.3 is 0 Å². The normalized spacial score (nSPS) is 13.2. The number of Topliss-reactive ketones (excluding diaryl/α,β-unsaturated/α-hetero) is 1. The highest BCUT2D eigenvalue weighted by Crippen LogP contribution is 2.05. The molecule has 0 rings (SSSR count). The quantitative estimate of drug-likeness (QED) is 0.589. The summed E-state index contributed by atoms with van der Waals surface area (Å²) in [4.78, 5) is 21.7. The molecule has 0 saturated heterocycles. The highest BCUT2D eigenvalue weighted by atomic mass is 16.1. The third-order valence-electron chi connectivity index (χ3n) is 1.83. The van der Waals surface area contributed by atoms with E-state index < -0.39 is 0 Å². The minimum atomic E-state index is -0.00745. The predicted molar refractivity (Wildman–Crippen MR) is 48.9 cm³/mol. The van der Waals surface area contributed by atoms with Gasteiger partial charge in [0, 0.05) is 12.3 Å². The number of allylic oxidation sites excluding steroid dienone is 2. The van der Waals surface area contributed by atoms with Gasteiger partial charge in [-0.1, -0.05) is 19.9 Å². The van der Waals surface area contributed by atoms with E-state index in [0.717, 1.165) is 6.42 Å². The van der Waals surface area contributed by atoms with Gasteiger partial charge in [0.05, 0.1) is 0 Å². The van der Waals surface area contributed by atoms with E-state index in [0.29, 0.717) is 6.42 Å². The second kappa shape index (κ2) is 5.70. The molecule has 0 aromatic rings. The molecule has 0 aliphatic rings. The molecule has 12 heavy (non-hydrogen) atoms. The van der Waals surface area contributed by atoms with Gasteiger partial charge in [-0.05, 0) is 19.4 Å². The first kappa shape index (κ1) is 11.1. The first-order valence-electron chi connectivity index (χ1n) is 4.27. The zero-order chi connectivity index (χ0) is 9.56. The average Bonchev–Trinajstić information content (AvgIpc) is 2.02. The molecule has 1 unspecified atom stereocenters. The lowest BCUT2D eigenvalue weighted by molar-refractivity contribution is -0.121. The van der Waals surface area contributed by atoms with Crippen molar-refractivity contribution in [2.24, 2.45) is 5.92 Å². The van der Waals surface area contributed by atoms with Gasteiger partial charge in [0.15, 0.2) is 5.78 Å². The average molecular weight is 168 g/mol. The smallest absolute Gasteiger partial charge is 0.152 e. The summed E-state index contributed by atoms with van der Waals surface area (Å²) in [7, 11) is 0. The molecule has 0 aliphatic carbocycles. The summed E-state index contributed by atoms with van der Waals surface area (Å²) in [5, 5.41) is 0. The van der Waals surface area contributed by atoms with Crippen molar-refractivity contribution in [1.82, 2.24) is 0 Å². The van der Waals surface area contributed by atoms with Crippen molar-refractivity contribution in [3.05, 3.63) is 12.2 Å². The predicted octanol–water partition coefficient (Wildman–Crippen LogP) is 2.14. The van der Waals surface area contributed by atoms with Gasteiger partial charge in [-0.2, -0.15) is 0 Å². The molecule has 0 spiro atoms. The molecule has 2 heteroatoms. The van der Waals surface area contributed by atoms with E-state index in [4.69, 9.17) is 0 Å². The van der Waals surface area contributed by atoms with Crippen LogP contribution in [0.1, 0.15) is 33.6 Å². The fourth-order valence-corrected chi connectivity index (χ4v) is 0.770. The van der Waals surface area contributed by atoms with Crippen LogP contribution in [0.2, 0.25) is 0 Å². The van der Waals surface area contributed by atoms with Crippen molar-refractivity contribution < 1.29 is 9.59 Å². The molecule has 0 fully saturated rings. The molecule has 0 aromatic heterocycles. The minimum absolute atomic E-state index is 0.00745. The van der Waals surface area contributed by atoms with Crippen LogP contribution in [0.15, 0.2) is 12.2 Å². The van der Waals surface area contributed by atoms with Crippen molar-refractivity contribution in [2.75, 3.05) is 0 Å². The van der Waals surface area contributed by atoms with Gasteiger partial charge in [-0.15, -0.1) is 0 Å². The fraction of sp³-hybridized carbons (Fsp3) is 0.600. The SMILES string of the molecule is CCC(C)C(=O)C/C=C/C(C)=O. The summed E-state index contributed by atoms with van der Waals surface area (Å²) in [5.41, 5.74) is 0. The maximum Gasteiger partial charge on any atom is 0.152 e. The molecule has 0 amide bonds. The molecule has 0 heterocycles. The summed E-state index contributed by atoms with van der Waals surface area (Å²) in [6, 6.07) is 0. The molecule has 0 aromatic carbocycles. The Morgan fingerprint density at radius 3 is 2.42 bits per heavy atom. The van der Waals surface area contributed by atoms with Gasteiger partial charge in [-0.25, -0.2) is 0 Å². The van der Waals surface area contributed by atoms with Crippen LogP contribution in [0.3, 0.4) is 0 Å². The number of hydrogen-bond acceptors (Lipinski definition) is 2. The maximum absolute atomic E-state index is 11.2. The standard InChI is InChI=1S/C10H16O2/c1-4-8(2)10(12)7-5-6-9(3)11/h5-6,8H,4,7H2,1-3H3/b6-5+. The van der Waals surface area contributed by atoms with Crippen LogP contribution in [0.4, 0.5) is 0 Å². The van der Waals surface area contributed by atoms with Crippen molar-refractivity contribution in [3.8, 4) is 0 Å². The van der Waals surface area contributed by atoms with Crippen LogP contribution >= 0.6 is 0 Å². The highest BCUT2D eigenvalue weighted by Gasteiger charge is 2.07. The molecule has 0 aliphatic heterocycles. The van der Waals surface area contributed by atoms with Crippen LogP contribution < -0.4 is 0 Å². The van der Waals surface area contributed by atoms with Crippen molar-refractivity contribution in [2.45, 2.75) is 33.6 Å². The van der Waals surface area contributed by atoms with E-state index in [9.17, 15) is 9.59 Å². The summed E-state index contributed by atoms with van der Waals surface area (Å²) in [6.45, 7) is 5.37. The van der Waals surface area contributed by atoms with Crippen LogP contribution in [0.5, 0.6) is 0 Å². The van der Waals surface area contributed by atoms with E-state index in [1.807, 2.05) is 13.8 Å². The van der Waals surface area contributed by atoms with Crippen LogP contribution in [0.25, 0.3) is 0 Å². The Morgan fingerprint density at radius 2 is 2.00 bits per heavy atom. The lowest BCUT2D eigenvalue weighted by atomic mass is 10.0. The van der Waals surface area contributed by atoms with E-state index in [2.05, 4.69) is 0 Å². The zero-order valence-corrected chi connectivity index (χ0v) is 7.96. The van der Waals surface area contributed by atoms with Crippen LogP contribution in [-0.2, 0) is 9.59 Å². The third kappa shape index (κ3) is 4.83. The van der Waals surface area contributed by atoms with Crippen molar-refractivity contribution in [1.29, 1.82) is 0 Å². The summed E-state index contributed by atoms with van der Waals surface area (Å²) < 4.78 is 0. The molecule has 0 bridgehead atoms. The Labute approximate surface area is 73.7 Å². The summed E-state index contributed by atoms with van der Waals surface area (Å²) in [5.74, 6) is 0.309. The Balaban J connectivity index is 3.78. The number of carbonyl (C=O) groups is 2. The lowest BCUT2D eigenvalue weighted by Gasteiger charge is -2.03. The van der Waals surface area contributed by atoms with Gasteiger partial charge < -0.3 is 0 Å². The van der Waals surface area contributed by atoms with E-state index >= 15 is 0 Å². The van der Waals surface area contributed by atoms with Gasteiger partial charge in [0.2, 0.25) is 0 Å². The van der Waals surface area contributed by atoms with Gasteiger partial charge in [-0.3, -0.25) is 9.59 Å². The molecule has 68 valence electrons. The highest BCUT2D eigenvalue weighted by molar-refractivity contribution is 5.89. The number of rotatable bonds is 5.